The molecule has 0 saturated heterocycles. The first-order valence-corrected chi connectivity index (χ1v) is 6.17. The summed E-state index contributed by atoms with van der Waals surface area (Å²) in [6.07, 6.45) is 1.93. The molecule has 0 fully saturated rings. The van der Waals surface area contributed by atoms with Gasteiger partial charge in [-0.1, -0.05) is 6.92 Å². The predicted molar refractivity (Wildman–Crippen MR) is 71.3 cm³/mol. The summed E-state index contributed by atoms with van der Waals surface area (Å²) in [7, 11) is 3.16. The van der Waals surface area contributed by atoms with E-state index in [1.807, 2.05) is 0 Å². The van der Waals surface area contributed by atoms with Crippen molar-refractivity contribution in [2.45, 2.75) is 19.8 Å². The minimum Gasteiger partial charge on any atom is -0.481 e. The second-order valence-electron chi connectivity index (χ2n) is 3.88. The first kappa shape index (κ1) is 14.5. The van der Waals surface area contributed by atoms with Crippen LogP contribution in [0.15, 0.2) is 6.07 Å². The topological polar surface area (TPSA) is 73.5 Å². The molecule has 0 saturated carbocycles. The van der Waals surface area contributed by atoms with Crippen molar-refractivity contribution in [3.05, 3.63) is 6.07 Å². The normalized spacial score (nSPS) is 10.2. The van der Waals surface area contributed by atoms with E-state index < -0.39 is 0 Å². The highest BCUT2D eigenvalue weighted by atomic mass is 16.5. The fourth-order valence-corrected chi connectivity index (χ4v) is 1.61. The first-order chi connectivity index (χ1) is 8.74. The van der Waals surface area contributed by atoms with Crippen LogP contribution in [0, 0.1) is 0 Å². The molecule has 0 radical (unpaired) electrons. The van der Waals surface area contributed by atoms with Crippen molar-refractivity contribution in [2.24, 2.45) is 5.73 Å². The molecule has 0 aliphatic heterocycles. The standard InChI is InChI=1S/C12H22N4O2/c1-4-7-16(8-5-6-13)12-14-10(17-2)9-11(15-12)18-3/h9H,4-8,13H2,1-3H3. The van der Waals surface area contributed by atoms with Gasteiger partial charge in [-0.2, -0.15) is 9.97 Å². The number of methoxy groups -OCH3 is 2. The Morgan fingerprint density at radius 1 is 1.17 bits per heavy atom. The third-order valence-corrected chi connectivity index (χ3v) is 2.49. The smallest absolute Gasteiger partial charge is 0.231 e. The number of hydrogen-bond acceptors (Lipinski definition) is 6. The first-order valence-electron chi connectivity index (χ1n) is 6.17. The maximum Gasteiger partial charge on any atom is 0.231 e. The van der Waals surface area contributed by atoms with Gasteiger partial charge in [0.05, 0.1) is 20.3 Å². The molecule has 0 atom stereocenters. The summed E-state index contributed by atoms with van der Waals surface area (Å²) in [5, 5.41) is 0. The Morgan fingerprint density at radius 3 is 2.22 bits per heavy atom. The lowest BCUT2D eigenvalue weighted by Crippen LogP contribution is -2.28. The van der Waals surface area contributed by atoms with Crippen LogP contribution in [-0.4, -0.2) is 43.8 Å². The molecule has 1 aromatic rings. The van der Waals surface area contributed by atoms with Crippen LogP contribution < -0.4 is 20.1 Å². The highest BCUT2D eigenvalue weighted by Gasteiger charge is 2.12. The number of nitrogens with two attached hydrogens (primary N) is 1. The van der Waals surface area contributed by atoms with Crippen LogP contribution in [0.5, 0.6) is 11.8 Å². The second kappa shape index (κ2) is 7.71. The summed E-state index contributed by atoms with van der Waals surface area (Å²) < 4.78 is 10.3. The number of anilines is 1. The van der Waals surface area contributed by atoms with Gasteiger partial charge in [0.25, 0.3) is 0 Å². The van der Waals surface area contributed by atoms with Crippen LogP contribution in [0.4, 0.5) is 5.95 Å². The fourth-order valence-electron chi connectivity index (χ4n) is 1.61. The monoisotopic (exact) mass is 254 g/mol. The van der Waals surface area contributed by atoms with E-state index in [0.29, 0.717) is 24.3 Å². The van der Waals surface area contributed by atoms with Crippen molar-refractivity contribution < 1.29 is 9.47 Å². The fraction of sp³-hybridized carbons (Fsp3) is 0.667. The minimum atomic E-state index is 0.505. The van der Waals surface area contributed by atoms with Crippen LogP contribution in [0.2, 0.25) is 0 Å². The van der Waals surface area contributed by atoms with Gasteiger partial charge in [0.15, 0.2) is 0 Å². The molecule has 0 aliphatic carbocycles. The average Bonchev–Trinajstić information content (AvgIpc) is 2.42. The van der Waals surface area contributed by atoms with Gasteiger partial charge in [-0.15, -0.1) is 0 Å². The number of nitrogens with zero attached hydrogens (tertiary/aromatic N) is 3. The SMILES string of the molecule is CCCN(CCCN)c1nc(OC)cc(OC)n1. The van der Waals surface area contributed by atoms with Gasteiger partial charge in [0, 0.05) is 13.1 Å². The minimum absolute atomic E-state index is 0.505. The van der Waals surface area contributed by atoms with Crippen molar-refractivity contribution in [1.82, 2.24) is 9.97 Å². The summed E-state index contributed by atoms with van der Waals surface area (Å²) in [5.74, 6) is 1.64. The lowest BCUT2D eigenvalue weighted by Gasteiger charge is -2.22. The molecule has 18 heavy (non-hydrogen) atoms. The molecule has 6 heteroatoms. The van der Waals surface area contributed by atoms with Gasteiger partial charge in [0.2, 0.25) is 17.7 Å². The van der Waals surface area contributed by atoms with Crippen LogP contribution in [0.25, 0.3) is 0 Å². The molecule has 0 amide bonds. The van der Waals surface area contributed by atoms with Gasteiger partial charge in [-0.25, -0.2) is 0 Å². The maximum absolute atomic E-state index is 5.55. The highest BCUT2D eigenvalue weighted by Crippen LogP contribution is 2.20. The van der Waals surface area contributed by atoms with E-state index in [0.717, 1.165) is 25.9 Å². The lowest BCUT2D eigenvalue weighted by molar-refractivity contribution is 0.371. The largest absolute Gasteiger partial charge is 0.481 e. The van der Waals surface area contributed by atoms with Crippen LogP contribution in [0.3, 0.4) is 0 Å². The second-order valence-corrected chi connectivity index (χ2v) is 3.88. The number of rotatable bonds is 8. The van der Waals surface area contributed by atoms with Crippen molar-refractivity contribution in [2.75, 3.05) is 38.8 Å². The molecule has 6 nitrogen and oxygen atoms in total. The van der Waals surface area contributed by atoms with E-state index in [2.05, 4.69) is 21.8 Å². The van der Waals surface area contributed by atoms with E-state index >= 15 is 0 Å². The van der Waals surface area contributed by atoms with Gasteiger partial charge in [-0.05, 0) is 19.4 Å². The van der Waals surface area contributed by atoms with Gasteiger partial charge in [0.1, 0.15) is 0 Å². The Hall–Kier alpha value is -1.56. The van der Waals surface area contributed by atoms with Crippen molar-refractivity contribution in [1.29, 1.82) is 0 Å². The summed E-state index contributed by atoms with van der Waals surface area (Å²) >= 11 is 0. The van der Waals surface area contributed by atoms with Gasteiger partial charge < -0.3 is 20.1 Å². The molecule has 0 spiro atoms. The van der Waals surface area contributed by atoms with E-state index in [-0.39, 0.29) is 0 Å². The zero-order valence-electron chi connectivity index (χ0n) is 11.3. The third-order valence-electron chi connectivity index (χ3n) is 2.49. The van der Waals surface area contributed by atoms with Gasteiger partial charge in [-0.3, -0.25) is 0 Å². The molecule has 1 aromatic heterocycles. The number of ether oxygens (including phenoxy) is 2. The Balaban J connectivity index is 2.93. The summed E-state index contributed by atoms with van der Waals surface area (Å²) in [6.45, 7) is 4.49. The molecule has 0 aromatic carbocycles. The molecule has 102 valence electrons. The van der Waals surface area contributed by atoms with E-state index in [9.17, 15) is 0 Å². The average molecular weight is 254 g/mol. The van der Waals surface area contributed by atoms with Crippen LogP contribution >= 0.6 is 0 Å². The third kappa shape index (κ3) is 4.03. The molecule has 1 rings (SSSR count). The summed E-state index contributed by atoms with van der Waals surface area (Å²) in [4.78, 5) is 10.8. The van der Waals surface area contributed by atoms with E-state index in [4.69, 9.17) is 15.2 Å². The molecular weight excluding hydrogens is 232 g/mol. The van der Waals surface area contributed by atoms with Gasteiger partial charge >= 0.3 is 0 Å². The van der Waals surface area contributed by atoms with E-state index in [1.54, 1.807) is 20.3 Å². The molecular formula is C12H22N4O2. The Morgan fingerprint density at radius 2 is 1.78 bits per heavy atom. The Labute approximate surface area is 108 Å². The predicted octanol–water partition coefficient (Wildman–Crippen LogP) is 1.06. The molecule has 1 heterocycles. The maximum atomic E-state index is 5.55. The summed E-state index contributed by atoms with van der Waals surface area (Å²) in [5.41, 5.74) is 5.55. The Kier molecular flexibility index (Phi) is 6.21. The van der Waals surface area contributed by atoms with Crippen molar-refractivity contribution >= 4 is 5.95 Å². The zero-order chi connectivity index (χ0) is 13.4. The van der Waals surface area contributed by atoms with E-state index in [1.165, 1.54) is 0 Å². The number of aromatic nitrogens is 2. The molecule has 0 unspecified atom stereocenters. The van der Waals surface area contributed by atoms with Crippen molar-refractivity contribution in [3.8, 4) is 11.8 Å². The highest BCUT2D eigenvalue weighted by molar-refractivity contribution is 5.36. The molecule has 0 bridgehead atoms. The quantitative estimate of drug-likeness (QED) is 0.747. The molecule has 0 aliphatic rings. The van der Waals surface area contributed by atoms with Crippen molar-refractivity contribution in [3.63, 3.8) is 0 Å². The van der Waals surface area contributed by atoms with Crippen LogP contribution in [0.1, 0.15) is 19.8 Å². The summed E-state index contributed by atoms with van der Waals surface area (Å²) in [6, 6.07) is 1.66. The lowest BCUT2D eigenvalue weighted by atomic mass is 10.3. The Bertz CT molecular complexity index is 338. The molecule has 2 N–H and O–H groups in total. The zero-order valence-corrected chi connectivity index (χ0v) is 11.3. The van der Waals surface area contributed by atoms with Crippen LogP contribution in [-0.2, 0) is 0 Å². The number of hydrogen-bond donors (Lipinski definition) is 1.